The van der Waals surface area contributed by atoms with Crippen LogP contribution in [0, 0.1) is 5.92 Å². The Balaban J connectivity index is 1.83. The number of fused-ring (bicyclic) bond motifs is 3. The summed E-state index contributed by atoms with van der Waals surface area (Å²) in [5.74, 6) is 0.803. The van der Waals surface area contributed by atoms with Gasteiger partial charge in [0.2, 0.25) is 0 Å². The van der Waals surface area contributed by atoms with Crippen LogP contribution in [-0.2, 0) is 0 Å². The first-order chi connectivity index (χ1) is 10.6. The first-order valence-corrected chi connectivity index (χ1v) is 8.45. The van der Waals surface area contributed by atoms with E-state index in [2.05, 4.69) is 29.6 Å². The largest absolute Gasteiger partial charge is 0.378 e. The van der Waals surface area contributed by atoms with E-state index in [-0.39, 0.29) is 6.04 Å². The van der Waals surface area contributed by atoms with Crippen LogP contribution in [-0.4, -0.2) is 0 Å². The molecule has 0 radical (unpaired) electrons. The van der Waals surface area contributed by atoms with Crippen LogP contribution in [0.2, 0.25) is 15.1 Å². The average molecular weight is 351 g/mol. The molecular formula is C18H14Cl3N. The maximum absolute atomic E-state index is 6.46. The van der Waals surface area contributed by atoms with Crippen molar-refractivity contribution < 1.29 is 0 Å². The van der Waals surface area contributed by atoms with Gasteiger partial charge in [-0.25, -0.2) is 0 Å². The number of halogens is 3. The number of nitrogens with one attached hydrogen (secondary N) is 1. The van der Waals surface area contributed by atoms with Gasteiger partial charge >= 0.3 is 0 Å². The maximum Gasteiger partial charge on any atom is 0.0645 e. The first kappa shape index (κ1) is 14.4. The Morgan fingerprint density at radius 2 is 1.86 bits per heavy atom. The molecular weight excluding hydrogens is 337 g/mol. The predicted molar refractivity (Wildman–Crippen MR) is 94.3 cm³/mol. The van der Waals surface area contributed by atoms with Gasteiger partial charge in [0.05, 0.1) is 16.1 Å². The Morgan fingerprint density at radius 1 is 1.00 bits per heavy atom. The van der Waals surface area contributed by atoms with Crippen LogP contribution < -0.4 is 5.32 Å². The van der Waals surface area contributed by atoms with E-state index in [4.69, 9.17) is 34.8 Å². The number of hydrogen-bond acceptors (Lipinski definition) is 1. The second kappa shape index (κ2) is 5.49. The average Bonchev–Trinajstić information content (AvgIpc) is 2.99. The summed E-state index contributed by atoms with van der Waals surface area (Å²) < 4.78 is 0. The lowest BCUT2D eigenvalue weighted by atomic mass is 9.77. The van der Waals surface area contributed by atoms with Crippen molar-refractivity contribution in [2.75, 3.05) is 5.32 Å². The monoisotopic (exact) mass is 349 g/mol. The molecule has 1 aliphatic carbocycles. The Labute approximate surface area is 144 Å². The lowest BCUT2D eigenvalue weighted by molar-refractivity contribution is 0.426. The molecule has 4 heteroatoms. The minimum atomic E-state index is 0.153. The third-order valence-corrected chi connectivity index (χ3v) is 5.71. The quantitative estimate of drug-likeness (QED) is 0.581. The lowest BCUT2D eigenvalue weighted by Crippen LogP contribution is -2.29. The third-order valence-electron chi connectivity index (χ3n) is 4.64. The molecule has 0 saturated heterocycles. The van der Waals surface area contributed by atoms with Crippen LogP contribution in [0.15, 0.2) is 48.6 Å². The zero-order valence-corrected chi connectivity index (χ0v) is 14.0. The SMILES string of the molecule is Clc1ccc2c(c1)C1C=CCC1C(c1cccc(Cl)c1Cl)N2. The molecule has 3 unspecified atom stereocenters. The van der Waals surface area contributed by atoms with E-state index in [0.717, 1.165) is 22.7 Å². The topological polar surface area (TPSA) is 12.0 Å². The summed E-state index contributed by atoms with van der Waals surface area (Å²) in [6.07, 6.45) is 5.56. The summed E-state index contributed by atoms with van der Waals surface area (Å²) in [6, 6.07) is 12.0. The van der Waals surface area contributed by atoms with Crippen LogP contribution >= 0.6 is 34.8 Å². The van der Waals surface area contributed by atoms with E-state index < -0.39 is 0 Å². The van der Waals surface area contributed by atoms with Gasteiger partial charge in [0.25, 0.3) is 0 Å². The number of allylic oxidation sites excluding steroid dienone is 2. The number of hydrogen-bond donors (Lipinski definition) is 1. The molecule has 0 fully saturated rings. The van der Waals surface area contributed by atoms with Crippen molar-refractivity contribution in [2.24, 2.45) is 5.92 Å². The minimum Gasteiger partial charge on any atom is -0.378 e. The molecule has 4 rings (SSSR count). The number of benzene rings is 2. The molecule has 2 aliphatic rings. The van der Waals surface area contributed by atoms with Crippen molar-refractivity contribution in [1.29, 1.82) is 0 Å². The Bertz CT molecular complexity index is 769. The highest BCUT2D eigenvalue weighted by Gasteiger charge is 2.38. The van der Waals surface area contributed by atoms with Crippen molar-refractivity contribution in [2.45, 2.75) is 18.4 Å². The zero-order chi connectivity index (χ0) is 15.3. The highest BCUT2D eigenvalue weighted by molar-refractivity contribution is 6.42. The van der Waals surface area contributed by atoms with Crippen molar-refractivity contribution >= 4 is 40.5 Å². The second-order valence-electron chi connectivity index (χ2n) is 5.85. The van der Waals surface area contributed by atoms with Crippen molar-refractivity contribution in [3.8, 4) is 0 Å². The van der Waals surface area contributed by atoms with E-state index in [1.54, 1.807) is 0 Å². The van der Waals surface area contributed by atoms with Crippen molar-refractivity contribution in [3.05, 3.63) is 74.7 Å². The fraction of sp³-hybridized carbons (Fsp3) is 0.222. The minimum absolute atomic E-state index is 0.153. The van der Waals surface area contributed by atoms with Gasteiger partial charge in [-0.05, 0) is 47.7 Å². The molecule has 1 nitrogen and oxygen atoms in total. The molecule has 0 bridgehead atoms. The normalized spacial score (nSPS) is 25.5. The van der Waals surface area contributed by atoms with Crippen LogP contribution in [0.3, 0.4) is 0 Å². The summed E-state index contributed by atoms with van der Waals surface area (Å²) in [6.45, 7) is 0. The van der Waals surface area contributed by atoms with Crippen LogP contribution in [0.4, 0.5) is 5.69 Å². The second-order valence-corrected chi connectivity index (χ2v) is 7.07. The van der Waals surface area contributed by atoms with Crippen molar-refractivity contribution in [1.82, 2.24) is 0 Å². The number of rotatable bonds is 1. The molecule has 2 aromatic rings. The standard InChI is InChI=1S/C18H14Cl3N/c19-10-7-8-16-14(9-10)11-3-1-4-12(11)18(22-16)13-5-2-6-15(20)17(13)21/h1-3,5-9,11-12,18,22H,4H2. The fourth-order valence-electron chi connectivity index (χ4n) is 3.63. The van der Waals surface area contributed by atoms with Gasteiger partial charge in [0.15, 0.2) is 0 Å². The predicted octanol–water partition coefficient (Wildman–Crippen LogP) is 6.47. The molecule has 2 aromatic carbocycles. The zero-order valence-electron chi connectivity index (χ0n) is 11.7. The highest BCUT2D eigenvalue weighted by atomic mass is 35.5. The van der Waals surface area contributed by atoms with Crippen LogP contribution in [0.1, 0.15) is 29.5 Å². The summed E-state index contributed by atoms with van der Waals surface area (Å²) in [7, 11) is 0. The van der Waals surface area contributed by atoms with Crippen LogP contribution in [0.5, 0.6) is 0 Å². The van der Waals surface area contributed by atoms with Gasteiger partial charge in [-0.1, -0.05) is 59.1 Å². The molecule has 1 aliphatic heterocycles. The Hall–Kier alpha value is -1.15. The van der Waals surface area contributed by atoms with E-state index in [9.17, 15) is 0 Å². The van der Waals surface area contributed by atoms with E-state index in [1.165, 1.54) is 5.56 Å². The van der Waals surface area contributed by atoms with Crippen molar-refractivity contribution in [3.63, 3.8) is 0 Å². The van der Waals surface area contributed by atoms with Gasteiger partial charge in [0.1, 0.15) is 0 Å². The van der Waals surface area contributed by atoms with Gasteiger partial charge in [-0.2, -0.15) is 0 Å². The highest BCUT2D eigenvalue weighted by Crippen LogP contribution is 2.51. The molecule has 3 atom stereocenters. The third kappa shape index (κ3) is 2.23. The molecule has 22 heavy (non-hydrogen) atoms. The lowest BCUT2D eigenvalue weighted by Gasteiger charge is -2.38. The first-order valence-electron chi connectivity index (χ1n) is 7.31. The van der Waals surface area contributed by atoms with E-state index in [1.807, 2.05) is 24.3 Å². The maximum atomic E-state index is 6.46. The van der Waals surface area contributed by atoms with Gasteiger partial charge in [-0.15, -0.1) is 0 Å². The molecule has 0 aromatic heterocycles. The summed E-state index contributed by atoms with van der Waals surface area (Å²) >= 11 is 18.8. The van der Waals surface area contributed by atoms with Crippen LogP contribution in [0.25, 0.3) is 0 Å². The number of anilines is 1. The van der Waals surface area contributed by atoms with Gasteiger partial charge in [0, 0.05) is 16.6 Å². The summed E-state index contributed by atoms with van der Waals surface area (Å²) in [5.41, 5.74) is 3.45. The fourth-order valence-corrected chi connectivity index (χ4v) is 4.24. The molecule has 112 valence electrons. The molecule has 0 amide bonds. The molecule has 0 spiro atoms. The molecule has 0 saturated carbocycles. The van der Waals surface area contributed by atoms with Gasteiger partial charge in [-0.3, -0.25) is 0 Å². The smallest absolute Gasteiger partial charge is 0.0645 e. The molecule has 1 heterocycles. The van der Waals surface area contributed by atoms with E-state index >= 15 is 0 Å². The summed E-state index contributed by atoms with van der Waals surface area (Å²) in [5, 5.41) is 5.66. The van der Waals surface area contributed by atoms with E-state index in [0.29, 0.717) is 21.9 Å². The Morgan fingerprint density at radius 3 is 2.73 bits per heavy atom. The molecule has 1 N–H and O–H groups in total. The van der Waals surface area contributed by atoms with Gasteiger partial charge < -0.3 is 5.32 Å². The summed E-state index contributed by atoms with van der Waals surface area (Å²) in [4.78, 5) is 0. The Kier molecular flexibility index (Phi) is 3.60.